The third-order valence-electron chi connectivity index (χ3n) is 5.69. The number of pyridine rings is 1. The van der Waals surface area contributed by atoms with Gasteiger partial charge in [0.25, 0.3) is 0 Å². The molecular formula is C26H25F2N3O. The second-order valence-electron chi connectivity index (χ2n) is 7.92. The number of H-pyrrole nitrogens is 1. The van der Waals surface area contributed by atoms with Crippen molar-refractivity contribution in [1.29, 1.82) is 0 Å². The van der Waals surface area contributed by atoms with Crippen molar-refractivity contribution in [3.63, 3.8) is 0 Å². The molecule has 0 aliphatic rings. The number of benzene rings is 2. The number of aromatic nitrogens is 2. The smallest absolute Gasteiger partial charge is 0.227 e. The Morgan fingerprint density at radius 1 is 1.06 bits per heavy atom. The predicted octanol–water partition coefficient (Wildman–Crippen LogP) is 5.72. The molecule has 2 aromatic carbocycles. The Labute approximate surface area is 185 Å². The average Bonchev–Trinajstić information content (AvgIpc) is 3.09. The number of hydrogen-bond donors (Lipinski definition) is 1. The fourth-order valence-electron chi connectivity index (χ4n) is 4.21. The molecule has 0 saturated heterocycles. The zero-order valence-electron chi connectivity index (χ0n) is 18.1. The molecule has 32 heavy (non-hydrogen) atoms. The molecule has 2 aromatic heterocycles. The number of fused-ring (bicyclic) bond motifs is 1. The quantitative estimate of drug-likeness (QED) is 0.405. The van der Waals surface area contributed by atoms with Crippen molar-refractivity contribution < 1.29 is 13.6 Å². The highest BCUT2D eigenvalue weighted by Gasteiger charge is 2.27. The lowest BCUT2D eigenvalue weighted by molar-refractivity contribution is -0.132. The van der Waals surface area contributed by atoms with Crippen molar-refractivity contribution in [3.05, 3.63) is 101 Å². The molecule has 4 rings (SSSR count). The molecule has 0 bridgehead atoms. The van der Waals surface area contributed by atoms with Crippen LogP contribution in [0.4, 0.5) is 8.78 Å². The standard InChI is InChI=1S/C26H25F2N3O/c1-3-13-31(25(32)15-22-17(2)30-24-11-10-21(28)14-23(22)24)26(19-5-4-12-29-16-19)18-6-8-20(27)9-7-18/h4-12,14,16,26,30H,3,13,15H2,1-2H3. The molecule has 0 aliphatic heterocycles. The van der Waals surface area contributed by atoms with Gasteiger partial charge in [0.1, 0.15) is 11.6 Å². The predicted molar refractivity (Wildman–Crippen MR) is 121 cm³/mol. The van der Waals surface area contributed by atoms with Gasteiger partial charge in [0.05, 0.1) is 12.5 Å². The van der Waals surface area contributed by atoms with Crippen LogP contribution in [0.5, 0.6) is 0 Å². The second kappa shape index (κ2) is 9.30. The highest BCUT2D eigenvalue weighted by Crippen LogP contribution is 2.31. The minimum absolute atomic E-state index is 0.0849. The number of nitrogens with zero attached hydrogens (tertiary/aromatic N) is 2. The van der Waals surface area contributed by atoms with Gasteiger partial charge in [0.2, 0.25) is 5.91 Å². The number of hydrogen-bond acceptors (Lipinski definition) is 2. The van der Waals surface area contributed by atoms with Gasteiger partial charge in [-0.25, -0.2) is 8.78 Å². The van der Waals surface area contributed by atoms with E-state index in [2.05, 4.69) is 9.97 Å². The Morgan fingerprint density at radius 3 is 2.50 bits per heavy atom. The fourth-order valence-corrected chi connectivity index (χ4v) is 4.21. The van der Waals surface area contributed by atoms with Gasteiger partial charge < -0.3 is 9.88 Å². The van der Waals surface area contributed by atoms with Gasteiger partial charge in [0.15, 0.2) is 0 Å². The minimum Gasteiger partial charge on any atom is -0.358 e. The van der Waals surface area contributed by atoms with Crippen molar-refractivity contribution >= 4 is 16.8 Å². The number of nitrogens with one attached hydrogen (secondary N) is 1. The van der Waals surface area contributed by atoms with Crippen LogP contribution in [0, 0.1) is 18.6 Å². The average molecular weight is 434 g/mol. The summed E-state index contributed by atoms with van der Waals surface area (Å²) in [5.41, 5.74) is 4.09. The zero-order chi connectivity index (χ0) is 22.7. The van der Waals surface area contributed by atoms with Crippen LogP contribution in [0.3, 0.4) is 0 Å². The van der Waals surface area contributed by atoms with Crippen LogP contribution in [-0.4, -0.2) is 27.3 Å². The van der Waals surface area contributed by atoms with E-state index in [1.165, 1.54) is 24.3 Å². The van der Waals surface area contributed by atoms with Gasteiger partial charge in [-0.3, -0.25) is 9.78 Å². The summed E-state index contributed by atoms with van der Waals surface area (Å²) in [5, 5.41) is 0.715. The third-order valence-corrected chi connectivity index (χ3v) is 5.69. The summed E-state index contributed by atoms with van der Waals surface area (Å²) in [6.07, 6.45) is 4.30. The largest absolute Gasteiger partial charge is 0.358 e. The molecule has 6 heteroatoms. The van der Waals surface area contributed by atoms with E-state index in [4.69, 9.17) is 0 Å². The van der Waals surface area contributed by atoms with Crippen LogP contribution >= 0.6 is 0 Å². The second-order valence-corrected chi connectivity index (χ2v) is 7.92. The highest BCUT2D eigenvalue weighted by atomic mass is 19.1. The summed E-state index contributed by atoms with van der Waals surface area (Å²) in [4.78, 5) is 22.9. The van der Waals surface area contributed by atoms with E-state index < -0.39 is 6.04 Å². The molecule has 0 aliphatic carbocycles. The van der Waals surface area contributed by atoms with Gasteiger partial charge in [-0.05, 0) is 66.4 Å². The zero-order valence-corrected chi connectivity index (χ0v) is 18.1. The fraction of sp³-hybridized carbons (Fsp3) is 0.231. The van der Waals surface area contributed by atoms with E-state index in [0.717, 1.165) is 34.3 Å². The van der Waals surface area contributed by atoms with Crippen molar-refractivity contribution in [2.45, 2.75) is 32.7 Å². The number of carbonyl (C=O) groups is 1. The molecule has 1 amide bonds. The van der Waals surface area contributed by atoms with Crippen LogP contribution in [0.2, 0.25) is 0 Å². The minimum atomic E-state index is -0.404. The SMILES string of the molecule is CCCN(C(=O)Cc1c(C)[nH]c2ccc(F)cc12)C(c1ccc(F)cc1)c1cccnc1. The Hall–Kier alpha value is -3.54. The molecule has 4 aromatic rings. The Kier molecular flexibility index (Phi) is 6.30. The number of amides is 1. The van der Waals surface area contributed by atoms with Crippen LogP contribution in [0.15, 0.2) is 67.0 Å². The van der Waals surface area contributed by atoms with Crippen LogP contribution in [-0.2, 0) is 11.2 Å². The maximum absolute atomic E-state index is 13.9. The Bertz CT molecular complexity index is 1220. The number of halogens is 2. The molecule has 1 unspecified atom stereocenters. The van der Waals surface area contributed by atoms with E-state index in [9.17, 15) is 13.6 Å². The normalized spacial score (nSPS) is 12.1. The van der Waals surface area contributed by atoms with Gasteiger partial charge >= 0.3 is 0 Å². The topological polar surface area (TPSA) is 49.0 Å². The van der Waals surface area contributed by atoms with Gasteiger partial charge in [-0.1, -0.05) is 25.1 Å². The Balaban J connectivity index is 1.75. The summed E-state index contributed by atoms with van der Waals surface area (Å²) in [6, 6.07) is 14.1. The molecule has 4 nitrogen and oxygen atoms in total. The lowest BCUT2D eigenvalue weighted by Gasteiger charge is -2.32. The molecular weight excluding hydrogens is 408 g/mol. The summed E-state index contributed by atoms with van der Waals surface area (Å²) < 4.78 is 27.5. The van der Waals surface area contributed by atoms with Crippen molar-refractivity contribution in [2.24, 2.45) is 0 Å². The van der Waals surface area contributed by atoms with Crippen LogP contribution in [0.25, 0.3) is 10.9 Å². The number of aryl methyl sites for hydroxylation is 1. The lowest BCUT2D eigenvalue weighted by atomic mass is 9.97. The number of carbonyl (C=O) groups excluding carboxylic acids is 1. The summed E-state index contributed by atoms with van der Waals surface area (Å²) in [6.45, 7) is 4.42. The van der Waals surface area contributed by atoms with E-state index in [1.807, 2.05) is 30.9 Å². The first kappa shape index (κ1) is 21.7. The van der Waals surface area contributed by atoms with E-state index in [0.29, 0.717) is 11.9 Å². The third kappa shape index (κ3) is 4.40. The van der Waals surface area contributed by atoms with Crippen LogP contribution < -0.4 is 0 Å². The van der Waals surface area contributed by atoms with Crippen LogP contribution in [0.1, 0.15) is 41.8 Å². The molecule has 1 N–H and O–H groups in total. The van der Waals surface area contributed by atoms with E-state index in [1.54, 1.807) is 30.6 Å². The van der Waals surface area contributed by atoms with Crippen molar-refractivity contribution in [3.8, 4) is 0 Å². The van der Waals surface area contributed by atoms with Gasteiger partial charge in [0, 0.05) is 35.5 Å². The van der Waals surface area contributed by atoms with Gasteiger partial charge in [-0.15, -0.1) is 0 Å². The number of aromatic amines is 1. The molecule has 164 valence electrons. The first-order chi connectivity index (χ1) is 15.5. The van der Waals surface area contributed by atoms with E-state index >= 15 is 0 Å². The summed E-state index contributed by atoms with van der Waals surface area (Å²) in [5.74, 6) is -0.753. The molecule has 0 fully saturated rings. The number of rotatable bonds is 7. The van der Waals surface area contributed by atoms with Crippen molar-refractivity contribution in [1.82, 2.24) is 14.9 Å². The summed E-state index contributed by atoms with van der Waals surface area (Å²) >= 11 is 0. The highest BCUT2D eigenvalue weighted by molar-refractivity contribution is 5.90. The maximum Gasteiger partial charge on any atom is 0.227 e. The van der Waals surface area contributed by atoms with E-state index in [-0.39, 0.29) is 24.0 Å². The maximum atomic E-state index is 13.9. The molecule has 1 atom stereocenters. The first-order valence-corrected chi connectivity index (χ1v) is 10.7. The summed E-state index contributed by atoms with van der Waals surface area (Å²) in [7, 11) is 0. The van der Waals surface area contributed by atoms with Gasteiger partial charge in [-0.2, -0.15) is 0 Å². The molecule has 0 saturated carbocycles. The Morgan fingerprint density at radius 2 is 1.81 bits per heavy atom. The first-order valence-electron chi connectivity index (χ1n) is 10.7. The molecule has 0 radical (unpaired) electrons. The molecule has 0 spiro atoms. The lowest BCUT2D eigenvalue weighted by Crippen LogP contribution is -2.37. The van der Waals surface area contributed by atoms with Crippen molar-refractivity contribution in [2.75, 3.05) is 6.54 Å². The molecule has 2 heterocycles. The monoisotopic (exact) mass is 433 g/mol.